The lowest BCUT2D eigenvalue weighted by atomic mass is 10.1. The van der Waals surface area contributed by atoms with Crippen LogP contribution in [0.4, 0.5) is 5.69 Å². The molecule has 5 nitrogen and oxygen atoms in total. The number of anilines is 1. The van der Waals surface area contributed by atoms with Crippen LogP contribution in [0.15, 0.2) is 53.1 Å². The number of benzene rings is 2. The summed E-state index contributed by atoms with van der Waals surface area (Å²) in [5, 5.41) is 6.25. The number of methoxy groups -OCH3 is 2. The molecule has 0 saturated heterocycles. The van der Waals surface area contributed by atoms with Crippen LogP contribution >= 0.6 is 11.6 Å². The Balaban J connectivity index is 2.00. The molecule has 6 heteroatoms. The molecule has 1 aliphatic heterocycles. The Labute approximate surface area is 151 Å². The molecule has 0 bridgehead atoms. The highest BCUT2D eigenvalue weighted by Crippen LogP contribution is 2.30. The van der Waals surface area contributed by atoms with Gasteiger partial charge in [-0.25, -0.2) is 0 Å². The second-order valence-electron chi connectivity index (χ2n) is 5.45. The van der Waals surface area contributed by atoms with E-state index in [0.717, 1.165) is 5.56 Å². The molecule has 0 spiro atoms. The summed E-state index contributed by atoms with van der Waals surface area (Å²) >= 11 is 6.02. The second-order valence-corrected chi connectivity index (χ2v) is 5.88. The van der Waals surface area contributed by atoms with Crippen LogP contribution in [0.25, 0.3) is 6.08 Å². The van der Waals surface area contributed by atoms with Crippen molar-refractivity contribution in [2.75, 3.05) is 19.2 Å². The van der Waals surface area contributed by atoms with E-state index >= 15 is 0 Å². The van der Waals surface area contributed by atoms with Crippen LogP contribution in [-0.4, -0.2) is 25.8 Å². The molecular formula is C19H17ClN2O3. The van der Waals surface area contributed by atoms with Crippen LogP contribution < -0.4 is 14.5 Å². The van der Waals surface area contributed by atoms with E-state index in [4.69, 9.17) is 21.1 Å². The zero-order chi connectivity index (χ0) is 18.0. The Morgan fingerprint density at radius 1 is 1.12 bits per heavy atom. The Hall–Kier alpha value is -2.79. The van der Waals surface area contributed by atoms with Gasteiger partial charge in [0.05, 0.1) is 31.2 Å². The largest absolute Gasteiger partial charge is 0.497 e. The van der Waals surface area contributed by atoms with Gasteiger partial charge in [-0.3, -0.25) is 4.79 Å². The van der Waals surface area contributed by atoms with Crippen LogP contribution in [0.5, 0.6) is 11.5 Å². The van der Waals surface area contributed by atoms with Gasteiger partial charge in [0.25, 0.3) is 5.91 Å². The molecule has 0 atom stereocenters. The molecule has 2 aromatic rings. The molecule has 25 heavy (non-hydrogen) atoms. The molecule has 0 unspecified atom stereocenters. The van der Waals surface area contributed by atoms with Crippen molar-refractivity contribution in [2.45, 2.75) is 6.92 Å². The molecular weight excluding hydrogens is 340 g/mol. The van der Waals surface area contributed by atoms with E-state index in [-0.39, 0.29) is 5.91 Å². The van der Waals surface area contributed by atoms with Crippen molar-refractivity contribution in [1.82, 2.24) is 0 Å². The third kappa shape index (κ3) is 3.37. The maximum Gasteiger partial charge on any atom is 0.280 e. The standard InChI is InChI=1S/C19H17ClN2O3/c1-12-17(10-13-9-16(24-2)7-8-18(13)25-3)19(23)22(21-12)15-6-4-5-14(20)11-15/h4-11H,1-3H3. The van der Waals surface area contributed by atoms with Gasteiger partial charge >= 0.3 is 0 Å². The number of carbonyl (C=O) groups excluding carboxylic acids is 1. The first kappa shape index (κ1) is 17.0. The number of hydrazone groups is 1. The van der Waals surface area contributed by atoms with E-state index in [1.54, 1.807) is 63.6 Å². The van der Waals surface area contributed by atoms with Crippen LogP contribution in [0, 0.1) is 0 Å². The third-order valence-electron chi connectivity index (χ3n) is 3.85. The van der Waals surface area contributed by atoms with Crippen LogP contribution in [0.1, 0.15) is 12.5 Å². The van der Waals surface area contributed by atoms with Crippen molar-refractivity contribution < 1.29 is 14.3 Å². The van der Waals surface area contributed by atoms with E-state index in [2.05, 4.69) is 5.10 Å². The van der Waals surface area contributed by atoms with Gasteiger partial charge in [0.1, 0.15) is 11.5 Å². The van der Waals surface area contributed by atoms with E-state index in [0.29, 0.717) is 33.5 Å². The Morgan fingerprint density at radius 2 is 1.92 bits per heavy atom. The summed E-state index contributed by atoms with van der Waals surface area (Å²) in [6.07, 6.45) is 1.76. The lowest BCUT2D eigenvalue weighted by Gasteiger charge is -2.12. The molecule has 1 aliphatic rings. The maximum atomic E-state index is 12.8. The highest BCUT2D eigenvalue weighted by molar-refractivity contribution is 6.33. The average Bonchev–Trinajstić information content (AvgIpc) is 2.90. The van der Waals surface area contributed by atoms with Crippen molar-refractivity contribution in [3.63, 3.8) is 0 Å². The molecule has 0 radical (unpaired) electrons. The van der Waals surface area contributed by atoms with E-state index in [1.165, 1.54) is 5.01 Å². The molecule has 128 valence electrons. The lowest BCUT2D eigenvalue weighted by molar-refractivity contribution is -0.114. The molecule has 0 fully saturated rings. The number of halogens is 1. The predicted octanol–water partition coefficient (Wildman–Crippen LogP) is 4.16. The normalized spacial score (nSPS) is 15.5. The first-order valence-corrected chi connectivity index (χ1v) is 8.00. The Kier molecular flexibility index (Phi) is 4.76. The zero-order valence-electron chi connectivity index (χ0n) is 14.1. The predicted molar refractivity (Wildman–Crippen MR) is 99.6 cm³/mol. The molecule has 0 N–H and O–H groups in total. The van der Waals surface area contributed by atoms with Gasteiger partial charge in [-0.15, -0.1) is 0 Å². The molecule has 0 aliphatic carbocycles. The SMILES string of the molecule is COc1ccc(OC)c(C=C2C(=O)N(c3cccc(Cl)c3)N=C2C)c1. The molecule has 1 heterocycles. The average molecular weight is 357 g/mol. The van der Waals surface area contributed by atoms with Gasteiger partial charge < -0.3 is 9.47 Å². The summed E-state index contributed by atoms with van der Waals surface area (Å²) < 4.78 is 10.6. The fraction of sp³-hybridized carbons (Fsp3) is 0.158. The quantitative estimate of drug-likeness (QED) is 0.773. The van der Waals surface area contributed by atoms with Crippen LogP contribution in [0.2, 0.25) is 5.02 Å². The molecule has 2 aromatic carbocycles. The van der Waals surface area contributed by atoms with Gasteiger partial charge in [-0.05, 0) is 49.4 Å². The van der Waals surface area contributed by atoms with E-state index in [1.807, 2.05) is 6.07 Å². The van der Waals surface area contributed by atoms with Crippen molar-refractivity contribution in [2.24, 2.45) is 5.10 Å². The van der Waals surface area contributed by atoms with Gasteiger partial charge in [0, 0.05) is 10.6 Å². The van der Waals surface area contributed by atoms with Crippen molar-refractivity contribution in [3.8, 4) is 11.5 Å². The first-order chi connectivity index (χ1) is 12.0. The van der Waals surface area contributed by atoms with E-state index < -0.39 is 0 Å². The first-order valence-electron chi connectivity index (χ1n) is 7.63. The topological polar surface area (TPSA) is 51.1 Å². The number of hydrogen-bond acceptors (Lipinski definition) is 4. The summed E-state index contributed by atoms with van der Waals surface area (Å²) in [7, 11) is 3.17. The number of nitrogens with zero attached hydrogens (tertiary/aromatic N) is 2. The summed E-state index contributed by atoms with van der Waals surface area (Å²) in [5.74, 6) is 1.11. The minimum atomic E-state index is -0.218. The molecule has 1 amide bonds. The summed E-state index contributed by atoms with van der Waals surface area (Å²) in [5.41, 5.74) is 2.48. The summed E-state index contributed by atoms with van der Waals surface area (Å²) in [6.45, 7) is 1.79. The van der Waals surface area contributed by atoms with Gasteiger partial charge in [0.2, 0.25) is 0 Å². The smallest absolute Gasteiger partial charge is 0.280 e. The fourth-order valence-corrected chi connectivity index (χ4v) is 2.76. The Bertz CT molecular complexity index is 890. The van der Waals surface area contributed by atoms with Crippen molar-refractivity contribution in [3.05, 3.63) is 58.6 Å². The highest BCUT2D eigenvalue weighted by atomic mass is 35.5. The zero-order valence-corrected chi connectivity index (χ0v) is 14.9. The van der Waals surface area contributed by atoms with Gasteiger partial charge in [-0.2, -0.15) is 10.1 Å². The van der Waals surface area contributed by atoms with E-state index in [9.17, 15) is 4.79 Å². The van der Waals surface area contributed by atoms with Gasteiger partial charge in [-0.1, -0.05) is 17.7 Å². The van der Waals surface area contributed by atoms with Crippen LogP contribution in [-0.2, 0) is 4.79 Å². The summed E-state index contributed by atoms with van der Waals surface area (Å²) in [6, 6.07) is 12.4. The number of carbonyl (C=O) groups is 1. The van der Waals surface area contributed by atoms with Crippen molar-refractivity contribution in [1.29, 1.82) is 0 Å². The van der Waals surface area contributed by atoms with Gasteiger partial charge in [0.15, 0.2) is 0 Å². The molecule has 3 rings (SSSR count). The third-order valence-corrected chi connectivity index (χ3v) is 4.09. The van der Waals surface area contributed by atoms with Crippen LogP contribution in [0.3, 0.4) is 0 Å². The minimum Gasteiger partial charge on any atom is -0.497 e. The Morgan fingerprint density at radius 3 is 2.60 bits per heavy atom. The summed E-state index contributed by atoms with van der Waals surface area (Å²) in [4.78, 5) is 12.8. The highest BCUT2D eigenvalue weighted by Gasteiger charge is 2.29. The number of rotatable bonds is 4. The number of ether oxygens (including phenoxy) is 2. The second kappa shape index (κ2) is 6.99. The number of amides is 1. The van der Waals surface area contributed by atoms with Crippen molar-refractivity contribution >= 4 is 35.0 Å². The maximum absolute atomic E-state index is 12.8. The lowest BCUT2D eigenvalue weighted by Crippen LogP contribution is -2.21. The fourth-order valence-electron chi connectivity index (χ4n) is 2.57. The number of hydrogen-bond donors (Lipinski definition) is 0. The molecule has 0 saturated carbocycles. The monoisotopic (exact) mass is 356 g/mol. The minimum absolute atomic E-state index is 0.218. The molecule has 0 aromatic heterocycles.